The van der Waals surface area contributed by atoms with Crippen LogP contribution in [0.15, 0.2) is 22.8 Å². The zero-order chi connectivity index (χ0) is 14.1. The molecular formula is C13H20N2O4. The van der Waals surface area contributed by atoms with E-state index in [0.29, 0.717) is 19.5 Å². The molecule has 0 saturated heterocycles. The fourth-order valence-electron chi connectivity index (χ4n) is 1.62. The van der Waals surface area contributed by atoms with Gasteiger partial charge >= 0.3 is 12.0 Å². The molecule has 106 valence electrons. The number of nitrogens with zero attached hydrogens (tertiary/aromatic N) is 1. The topological polar surface area (TPSA) is 82.8 Å². The highest BCUT2D eigenvalue weighted by Crippen LogP contribution is 2.04. The number of furan rings is 1. The van der Waals surface area contributed by atoms with Crippen molar-refractivity contribution in [3.63, 3.8) is 0 Å². The van der Waals surface area contributed by atoms with Crippen LogP contribution < -0.4 is 5.32 Å². The van der Waals surface area contributed by atoms with Gasteiger partial charge < -0.3 is 19.7 Å². The van der Waals surface area contributed by atoms with Crippen molar-refractivity contribution in [1.29, 1.82) is 0 Å². The van der Waals surface area contributed by atoms with Gasteiger partial charge in [0, 0.05) is 20.0 Å². The quantitative estimate of drug-likeness (QED) is 0.707. The molecule has 6 nitrogen and oxygen atoms in total. The third-order valence-corrected chi connectivity index (χ3v) is 2.66. The van der Waals surface area contributed by atoms with Crippen molar-refractivity contribution in [2.24, 2.45) is 0 Å². The first kappa shape index (κ1) is 15.1. The Hall–Kier alpha value is -1.98. The number of carboxylic acid groups (broad SMARTS) is 1. The molecule has 1 heterocycles. The molecule has 0 aliphatic carbocycles. The maximum absolute atomic E-state index is 11.7. The van der Waals surface area contributed by atoms with Crippen LogP contribution in [0.4, 0.5) is 4.79 Å². The van der Waals surface area contributed by atoms with Crippen LogP contribution >= 0.6 is 0 Å². The van der Waals surface area contributed by atoms with E-state index in [1.54, 1.807) is 19.4 Å². The highest BCUT2D eigenvalue weighted by Gasteiger charge is 2.09. The maximum Gasteiger partial charge on any atom is 0.317 e. The van der Waals surface area contributed by atoms with Gasteiger partial charge in [-0.25, -0.2) is 4.79 Å². The molecule has 1 aromatic rings. The molecule has 1 aromatic heterocycles. The van der Waals surface area contributed by atoms with Crippen LogP contribution in [0.2, 0.25) is 0 Å². The molecule has 0 aromatic carbocycles. The maximum atomic E-state index is 11.7. The summed E-state index contributed by atoms with van der Waals surface area (Å²) in [5, 5.41) is 11.2. The summed E-state index contributed by atoms with van der Waals surface area (Å²) < 4.78 is 5.16. The molecule has 1 rings (SSSR count). The minimum Gasteiger partial charge on any atom is -0.481 e. The summed E-state index contributed by atoms with van der Waals surface area (Å²) in [6, 6.07) is 3.44. The average Bonchev–Trinajstić information content (AvgIpc) is 2.85. The molecule has 0 fully saturated rings. The van der Waals surface area contributed by atoms with Crippen LogP contribution in [-0.2, 0) is 11.3 Å². The van der Waals surface area contributed by atoms with Crippen LogP contribution in [-0.4, -0.2) is 35.6 Å². The van der Waals surface area contributed by atoms with E-state index in [-0.39, 0.29) is 12.5 Å². The molecule has 0 saturated carbocycles. The number of nitrogens with one attached hydrogen (secondary N) is 1. The van der Waals surface area contributed by atoms with Gasteiger partial charge in [-0.15, -0.1) is 0 Å². The average molecular weight is 268 g/mol. The van der Waals surface area contributed by atoms with Crippen molar-refractivity contribution in [2.75, 3.05) is 13.6 Å². The lowest BCUT2D eigenvalue weighted by molar-refractivity contribution is -0.137. The van der Waals surface area contributed by atoms with Crippen LogP contribution in [0.5, 0.6) is 0 Å². The molecule has 0 aliphatic rings. The SMILES string of the molecule is CN(Cc1ccco1)C(=O)NCCCCCC(=O)O. The zero-order valence-corrected chi connectivity index (χ0v) is 11.1. The fourth-order valence-corrected chi connectivity index (χ4v) is 1.62. The van der Waals surface area contributed by atoms with Crippen molar-refractivity contribution >= 4 is 12.0 Å². The highest BCUT2D eigenvalue weighted by atomic mass is 16.4. The Morgan fingerprint density at radius 3 is 2.79 bits per heavy atom. The van der Waals surface area contributed by atoms with Gasteiger partial charge in [0.05, 0.1) is 12.8 Å². The van der Waals surface area contributed by atoms with Crippen LogP contribution in [0, 0.1) is 0 Å². The molecule has 0 spiro atoms. The first-order chi connectivity index (χ1) is 9.09. The van der Waals surface area contributed by atoms with E-state index < -0.39 is 5.97 Å². The van der Waals surface area contributed by atoms with Gasteiger partial charge in [0.25, 0.3) is 0 Å². The number of carbonyl (C=O) groups excluding carboxylic acids is 1. The highest BCUT2D eigenvalue weighted by molar-refractivity contribution is 5.73. The summed E-state index contributed by atoms with van der Waals surface area (Å²) in [6.07, 6.45) is 3.99. The van der Waals surface area contributed by atoms with Crippen LogP contribution in [0.3, 0.4) is 0 Å². The Kier molecular flexibility index (Phi) is 6.49. The van der Waals surface area contributed by atoms with Crippen molar-refractivity contribution in [3.05, 3.63) is 24.2 Å². The number of amides is 2. The molecule has 0 radical (unpaired) electrons. The Bertz CT molecular complexity index is 389. The summed E-state index contributed by atoms with van der Waals surface area (Å²) >= 11 is 0. The van der Waals surface area contributed by atoms with Crippen molar-refractivity contribution in [2.45, 2.75) is 32.2 Å². The second-order valence-electron chi connectivity index (χ2n) is 4.37. The number of aliphatic carboxylic acids is 1. The lowest BCUT2D eigenvalue weighted by Gasteiger charge is -2.16. The second kappa shape index (κ2) is 8.18. The van der Waals surface area contributed by atoms with E-state index in [1.807, 2.05) is 6.07 Å². The normalized spacial score (nSPS) is 10.2. The lowest BCUT2D eigenvalue weighted by Crippen LogP contribution is -2.37. The van der Waals surface area contributed by atoms with E-state index in [9.17, 15) is 9.59 Å². The molecule has 2 amide bonds. The fraction of sp³-hybridized carbons (Fsp3) is 0.538. The Morgan fingerprint density at radius 1 is 1.37 bits per heavy atom. The van der Waals surface area contributed by atoms with Crippen molar-refractivity contribution < 1.29 is 19.1 Å². The largest absolute Gasteiger partial charge is 0.481 e. The summed E-state index contributed by atoms with van der Waals surface area (Å²) in [6.45, 7) is 0.985. The smallest absolute Gasteiger partial charge is 0.317 e. The zero-order valence-electron chi connectivity index (χ0n) is 11.1. The molecule has 0 aliphatic heterocycles. The number of unbranched alkanes of at least 4 members (excludes halogenated alkanes) is 2. The van der Waals surface area contributed by atoms with Gasteiger partial charge in [0.15, 0.2) is 0 Å². The van der Waals surface area contributed by atoms with E-state index >= 15 is 0 Å². The van der Waals surface area contributed by atoms with Gasteiger partial charge in [-0.3, -0.25) is 4.79 Å². The third-order valence-electron chi connectivity index (χ3n) is 2.66. The number of hydrogen-bond acceptors (Lipinski definition) is 3. The number of carbonyl (C=O) groups is 2. The molecular weight excluding hydrogens is 248 g/mol. The number of carboxylic acids is 1. The van der Waals surface area contributed by atoms with E-state index in [0.717, 1.165) is 18.6 Å². The van der Waals surface area contributed by atoms with Gasteiger partial charge in [-0.1, -0.05) is 6.42 Å². The lowest BCUT2D eigenvalue weighted by atomic mass is 10.2. The summed E-state index contributed by atoms with van der Waals surface area (Å²) in [7, 11) is 1.70. The summed E-state index contributed by atoms with van der Waals surface area (Å²) in [4.78, 5) is 23.5. The Labute approximate surface area is 112 Å². The van der Waals surface area contributed by atoms with Crippen molar-refractivity contribution in [3.8, 4) is 0 Å². The monoisotopic (exact) mass is 268 g/mol. The summed E-state index contributed by atoms with van der Waals surface area (Å²) in [5.41, 5.74) is 0. The van der Waals surface area contributed by atoms with Gasteiger partial charge in [-0.2, -0.15) is 0 Å². The molecule has 0 bridgehead atoms. The van der Waals surface area contributed by atoms with E-state index in [1.165, 1.54) is 4.90 Å². The van der Waals surface area contributed by atoms with Crippen molar-refractivity contribution in [1.82, 2.24) is 10.2 Å². The molecule has 2 N–H and O–H groups in total. The molecule has 6 heteroatoms. The van der Waals surface area contributed by atoms with Crippen LogP contribution in [0.1, 0.15) is 31.4 Å². The molecule has 0 atom stereocenters. The predicted octanol–water partition coefficient (Wildman–Crippen LogP) is 2.07. The Morgan fingerprint density at radius 2 is 2.16 bits per heavy atom. The minimum atomic E-state index is -0.776. The number of urea groups is 1. The Balaban J connectivity index is 2.08. The van der Waals surface area contributed by atoms with Gasteiger partial charge in [0.1, 0.15) is 5.76 Å². The third kappa shape index (κ3) is 6.49. The van der Waals surface area contributed by atoms with Gasteiger partial charge in [0.2, 0.25) is 0 Å². The van der Waals surface area contributed by atoms with E-state index in [4.69, 9.17) is 9.52 Å². The first-order valence-electron chi connectivity index (χ1n) is 6.32. The molecule has 0 unspecified atom stereocenters. The second-order valence-corrected chi connectivity index (χ2v) is 4.37. The predicted molar refractivity (Wildman–Crippen MR) is 69.7 cm³/mol. The standard InChI is InChI=1S/C13H20N2O4/c1-15(10-11-6-5-9-19-11)13(18)14-8-4-2-3-7-12(16)17/h5-6,9H,2-4,7-8,10H2,1H3,(H,14,18)(H,16,17). The number of rotatable bonds is 8. The van der Waals surface area contributed by atoms with Crippen LogP contribution in [0.25, 0.3) is 0 Å². The van der Waals surface area contributed by atoms with Gasteiger partial charge in [-0.05, 0) is 25.0 Å². The molecule has 19 heavy (non-hydrogen) atoms. The number of hydrogen-bond donors (Lipinski definition) is 2. The summed E-state index contributed by atoms with van der Waals surface area (Å²) in [5.74, 6) is -0.0404. The van der Waals surface area contributed by atoms with E-state index in [2.05, 4.69) is 5.32 Å². The first-order valence-corrected chi connectivity index (χ1v) is 6.32. The minimum absolute atomic E-state index is 0.158.